The van der Waals surface area contributed by atoms with Crippen LogP contribution in [-0.2, 0) is 21.5 Å². The Kier molecular flexibility index (Phi) is 4.32. The van der Waals surface area contributed by atoms with E-state index < -0.39 is 17.5 Å². The second-order valence-electron chi connectivity index (χ2n) is 7.70. The molecule has 0 saturated carbocycles. The zero-order valence-corrected chi connectivity index (χ0v) is 17.2. The van der Waals surface area contributed by atoms with Crippen molar-refractivity contribution >= 4 is 45.1 Å². The standard InChI is InChI=1S/C22H20N4O3S/c1-13-23-17-9-8-15(11-18(17)30-13)24-19(27)12-26-20(28)22(25-21(26)29)10-4-6-14-5-2-3-7-16(14)22/h2-3,5,7-9,11H,4,6,10,12H2,1H3,(H,24,27)(H,25,29). The number of fused-ring (bicyclic) bond motifs is 3. The number of aryl methyl sites for hydroxylation is 2. The summed E-state index contributed by atoms with van der Waals surface area (Å²) in [6, 6.07) is 12.6. The molecule has 2 aromatic carbocycles. The maximum absolute atomic E-state index is 13.3. The zero-order valence-electron chi connectivity index (χ0n) is 16.4. The number of nitrogens with one attached hydrogen (secondary N) is 2. The third-order valence-electron chi connectivity index (χ3n) is 5.73. The maximum Gasteiger partial charge on any atom is 0.325 e. The lowest BCUT2D eigenvalue weighted by Gasteiger charge is -2.33. The average molecular weight is 420 g/mol. The molecule has 1 aromatic heterocycles. The number of urea groups is 1. The Morgan fingerprint density at radius 1 is 1.27 bits per heavy atom. The summed E-state index contributed by atoms with van der Waals surface area (Å²) in [7, 11) is 0. The molecule has 5 rings (SSSR count). The Hall–Kier alpha value is -3.26. The van der Waals surface area contributed by atoms with Crippen LogP contribution in [0.2, 0.25) is 0 Å². The summed E-state index contributed by atoms with van der Waals surface area (Å²) in [4.78, 5) is 44.0. The number of carbonyl (C=O) groups excluding carboxylic acids is 3. The van der Waals surface area contributed by atoms with E-state index in [4.69, 9.17) is 0 Å². The van der Waals surface area contributed by atoms with E-state index in [9.17, 15) is 14.4 Å². The van der Waals surface area contributed by atoms with Gasteiger partial charge in [0, 0.05) is 5.69 Å². The van der Waals surface area contributed by atoms with E-state index in [0.29, 0.717) is 12.1 Å². The topological polar surface area (TPSA) is 91.4 Å². The van der Waals surface area contributed by atoms with Crippen molar-refractivity contribution in [3.05, 3.63) is 58.6 Å². The lowest BCUT2D eigenvalue weighted by atomic mass is 9.76. The number of thiazole rings is 1. The average Bonchev–Trinajstić information content (AvgIpc) is 3.20. The number of benzene rings is 2. The highest BCUT2D eigenvalue weighted by atomic mass is 32.1. The van der Waals surface area contributed by atoms with Crippen molar-refractivity contribution in [3.63, 3.8) is 0 Å². The molecule has 1 saturated heterocycles. The minimum absolute atomic E-state index is 0.325. The highest BCUT2D eigenvalue weighted by Crippen LogP contribution is 2.39. The molecule has 2 N–H and O–H groups in total. The molecule has 0 bridgehead atoms. The van der Waals surface area contributed by atoms with Gasteiger partial charge < -0.3 is 10.6 Å². The van der Waals surface area contributed by atoms with Crippen LogP contribution in [0.3, 0.4) is 0 Å². The van der Waals surface area contributed by atoms with Crippen molar-refractivity contribution in [1.82, 2.24) is 15.2 Å². The molecule has 2 heterocycles. The molecule has 152 valence electrons. The van der Waals surface area contributed by atoms with Gasteiger partial charge in [0.25, 0.3) is 5.91 Å². The van der Waals surface area contributed by atoms with Crippen LogP contribution in [0.5, 0.6) is 0 Å². The zero-order chi connectivity index (χ0) is 20.9. The molecule has 1 spiro atoms. The Balaban J connectivity index is 1.35. The predicted molar refractivity (Wildman–Crippen MR) is 114 cm³/mol. The van der Waals surface area contributed by atoms with E-state index >= 15 is 0 Å². The Bertz CT molecular complexity index is 1200. The number of anilines is 1. The molecule has 30 heavy (non-hydrogen) atoms. The minimum atomic E-state index is -1.06. The van der Waals surface area contributed by atoms with Gasteiger partial charge >= 0.3 is 6.03 Å². The molecule has 1 unspecified atom stereocenters. The highest BCUT2D eigenvalue weighted by molar-refractivity contribution is 7.18. The lowest BCUT2D eigenvalue weighted by molar-refractivity contribution is -0.134. The van der Waals surface area contributed by atoms with E-state index in [1.807, 2.05) is 43.3 Å². The summed E-state index contributed by atoms with van der Waals surface area (Å²) in [5.74, 6) is -0.774. The number of carbonyl (C=O) groups is 3. The van der Waals surface area contributed by atoms with Crippen molar-refractivity contribution in [3.8, 4) is 0 Å². The molecule has 1 atom stereocenters. The van der Waals surface area contributed by atoms with E-state index in [0.717, 1.165) is 44.1 Å². The van der Waals surface area contributed by atoms with Crippen molar-refractivity contribution < 1.29 is 14.4 Å². The Morgan fingerprint density at radius 3 is 2.97 bits per heavy atom. The fourth-order valence-electron chi connectivity index (χ4n) is 4.42. The Labute approximate surface area is 177 Å². The molecule has 1 aliphatic heterocycles. The lowest BCUT2D eigenvalue weighted by Crippen LogP contribution is -2.47. The Morgan fingerprint density at radius 2 is 2.10 bits per heavy atom. The number of nitrogens with zero attached hydrogens (tertiary/aromatic N) is 2. The van der Waals surface area contributed by atoms with Crippen LogP contribution in [0.15, 0.2) is 42.5 Å². The summed E-state index contributed by atoms with van der Waals surface area (Å²) >= 11 is 1.54. The van der Waals surface area contributed by atoms with Gasteiger partial charge in [-0.2, -0.15) is 0 Å². The fourth-order valence-corrected chi connectivity index (χ4v) is 5.28. The summed E-state index contributed by atoms with van der Waals surface area (Å²) in [6.45, 7) is 1.61. The molecular formula is C22H20N4O3S. The number of rotatable bonds is 3. The highest BCUT2D eigenvalue weighted by Gasteiger charge is 2.54. The predicted octanol–water partition coefficient (Wildman–Crippen LogP) is 3.33. The fraction of sp³-hybridized carbons (Fsp3) is 0.273. The summed E-state index contributed by atoms with van der Waals surface area (Å²) in [5, 5.41) is 6.61. The number of imide groups is 1. The number of aromatic nitrogens is 1. The summed E-state index contributed by atoms with van der Waals surface area (Å²) in [6.07, 6.45) is 2.21. The van der Waals surface area contributed by atoms with Gasteiger partial charge in [-0.15, -0.1) is 11.3 Å². The molecule has 8 heteroatoms. The van der Waals surface area contributed by atoms with E-state index in [1.54, 1.807) is 17.4 Å². The van der Waals surface area contributed by atoms with Crippen LogP contribution in [0.4, 0.5) is 10.5 Å². The van der Waals surface area contributed by atoms with Crippen LogP contribution in [0, 0.1) is 6.92 Å². The van der Waals surface area contributed by atoms with Crippen molar-refractivity contribution in [2.24, 2.45) is 0 Å². The van der Waals surface area contributed by atoms with E-state index in [1.165, 1.54) is 0 Å². The van der Waals surface area contributed by atoms with Gasteiger partial charge in [0.05, 0.1) is 15.2 Å². The third-order valence-corrected chi connectivity index (χ3v) is 6.67. The van der Waals surface area contributed by atoms with E-state index in [-0.39, 0.29) is 12.5 Å². The quantitative estimate of drug-likeness (QED) is 0.636. The van der Waals surface area contributed by atoms with Crippen molar-refractivity contribution in [2.45, 2.75) is 31.7 Å². The van der Waals surface area contributed by atoms with Crippen LogP contribution in [0.1, 0.15) is 29.0 Å². The van der Waals surface area contributed by atoms with Crippen LogP contribution < -0.4 is 10.6 Å². The number of amides is 4. The van der Waals surface area contributed by atoms with Gasteiger partial charge in [-0.05, 0) is 55.5 Å². The largest absolute Gasteiger partial charge is 0.325 e. The van der Waals surface area contributed by atoms with Gasteiger partial charge in [0.15, 0.2) is 0 Å². The smallest absolute Gasteiger partial charge is 0.324 e. The van der Waals surface area contributed by atoms with Gasteiger partial charge in [0.1, 0.15) is 12.1 Å². The minimum Gasteiger partial charge on any atom is -0.324 e. The molecule has 7 nitrogen and oxygen atoms in total. The second-order valence-corrected chi connectivity index (χ2v) is 8.94. The van der Waals surface area contributed by atoms with E-state index in [2.05, 4.69) is 15.6 Å². The molecule has 2 aliphatic rings. The van der Waals surface area contributed by atoms with Crippen molar-refractivity contribution in [2.75, 3.05) is 11.9 Å². The van der Waals surface area contributed by atoms with Gasteiger partial charge in [-0.25, -0.2) is 9.78 Å². The van der Waals surface area contributed by atoms with Crippen LogP contribution in [0.25, 0.3) is 10.2 Å². The van der Waals surface area contributed by atoms with Gasteiger partial charge in [-0.3, -0.25) is 14.5 Å². The van der Waals surface area contributed by atoms with Crippen LogP contribution >= 0.6 is 11.3 Å². The first-order valence-electron chi connectivity index (χ1n) is 9.86. The van der Waals surface area contributed by atoms with Gasteiger partial charge in [-0.1, -0.05) is 24.3 Å². The third kappa shape index (κ3) is 2.95. The monoisotopic (exact) mass is 420 g/mol. The molecule has 4 amide bonds. The SMILES string of the molecule is Cc1nc2ccc(NC(=O)CN3C(=O)NC4(CCCc5ccccc54)C3=O)cc2s1. The molecule has 1 fully saturated rings. The number of hydrogen-bond acceptors (Lipinski definition) is 5. The summed E-state index contributed by atoms with van der Waals surface area (Å²) < 4.78 is 0.970. The second kappa shape index (κ2) is 6.91. The number of hydrogen-bond donors (Lipinski definition) is 2. The van der Waals surface area contributed by atoms with Crippen molar-refractivity contribution in [1.29, 1.82) is 0 Å². The molecule has 1 aliphatic carbocycles. The first-order valence-corrected chi connectivity index (χ1v) is 10.7. The first-order chi connectivity index (χ1) is 14.5. The van der Waals surface area contributed by atoms with Crippen LogP contribution in [-0.4, -0.2) is 34.3 Å². The van der Waals surface area contributed by atoms with Gasteiger partial charge in [0.2, 0.25) is 5.91 Å². The molecule has 0 radical (unpaired) electrons. The first kappa shape index (κ1) is 18.7. The maximum atomic E-state index is 13.3. The normalized spacial score (nSPS) is 20.5. The molecule has 3 aromatic rings. The summed E-state index contributed by atoms with van der Waals surface area (Å²) in [5.41, 5.74) is 2.33. The molecular weight excluding hydrogens is 400 g/mol.